The van der Waals surface area contributed by atoms with E-state index >= 15 is 0 Å². The van der Waals surface area contributed by atoms with E-state index in [9.17, 15) is 4.79 Å². The Morgan fingerprint density at radius 1 is 1.30 bits per heavy atom. The maximum absolute atomic E-state index is 11.6. The number of carbonyl (C=O) groups is 1. The van der Waals surface area contributed by atoms with Crippen LogP contribution >= 0.6 is 30.3 Å². The molecular weight excluding hydrogens is 426 g/mol. The summed E-state index contributed by atoms with van der Waals surface area (Å²) in [6.07, 6.45) is 4.70. The second kappa shape index (κ2) is 6.82. The molecule has 2 rings (SSSR count). The van der Waals surface area contributed by atoms with Gasteiger partial charge in [0.25, 0.3) is 0 Å². The SMILES string of the molecule is CN(C)/C=C(/B1OC(C)(C)C(C)(C)O1)c1ccn(SI)c1C=O. The molecular formula is C15H22BIN2O3S. The maximum atomic E-state index is 11.6. The molecule has 23 heavy (non-hydrogen) atoms. The van der Waals surface area contributed by atoms with Gasteiger partial charge in [-0.1, -0.05) is 0 Å². The largest absolute Gasteiger partial charge is 0.497 e. The van der Waals surface area contributed by atoms with Crippen molar-refractivity contribution in [1.29, 1.82) is 0 Å². The van der Waals surface area contributed by atoms with Crippen molar-refractivity contribution in [2.24, 2.45) is 0 Å². The highest BCUT2D eigenvalue weighted by Crippen LogP contribution is 2.41. The molecule has 1 fully saturated rings. The Kier molecular flexibility index (Phi) is 5.60. The molecule has 126 valence electrons. The van der Waals surface area contributed by atoms with Crippen LogP contribution in [0.2, 0.25) is 0 Å². The van der Waals surface area contributed by atoms with E-state index in [1.54, 1.807) is 0 Å². The monoisotopic (exact) mass is 448 g/mol. The lowest BCUT2D eigenvalue weighted by Gasteiger charge is -2.32. The van der Waals surface area contributed by atoms with Gasteiger partial charge in [0, 0.05) is 61.7 Å². The number of aromatic nitrogens is 1. The Hall–Kier alpha value is -0.445. The van der Waals surface area contributed by atoms with E-state index in [-0.39, 0.29) is 0 Å². The Bertz CT molecular complexity index is 612. The second-order valence-electron chi connectivity index (χ2n) is 6.76. The molecule has 0 radical (unpaired) electrons. The molecule has 1 saturated heterocycles. The molecule has 0 saturated carbocycles. The number of nitrogens with zero attached hydrogens (tertiary/aromatic N) is 2. The Morgan fingerprint density at radius 3 is 2.30 bits per heavy atom. The summed E-state index contributed by atoms with van der Waals surface area (Å²) in [7, 11) is 4.82. The van der Waals surface area contributed by atoms with Gasteiger partial charge in [0.15, 0.2) is 6.29 Å². The minimum absolute atomic E-state index is 0.426. The summed E-state index contributed by atoms with van der Waals surface area (Å²) in [4.78, 5) is 13.5. The smallest absolute Gasteiger partial charge is 0.399 e. The fourth-order valence-corrected chi connectivity index (χ4v) is 3.70. The highest BCUT2D eigenvalue weighted by molar-refractivity contribution is 14.2. The third-order valence-corrected chi connectivity index (χ3v) is 6.03. The van der Waals surface area contributed by atoms with Crippen molar-refractivity contribution in [3.8, 4) is 0 Å². The molecule has 8 heteroatoms. The van der Waals surface area contributed by atoms with Gasteiger partial charge in [-0.15, -0.1) is 0 Å². The molecule has 0 amide bonds. The van der Waals surface area contributed by atoms with Crippen molar-refractivity contribution in [3.63, 3.8) is 0 Å². The third-order valence-electron chi connectivity index (χ3n) is 4.29. The van der Waals surface area contributed by atoms with Crippen LogP contribution in [-0.2, 0) is 9.31 Å². The fraction of sp³-hybridized carbons (Fsp3) is 0.533. The molecule has 0 aromatic carbocycles. The standard InChI is InChI=1S/C15H22BIN2O3S/c1-14(2)15(3,4)22-16(21-14)12(9-18(5)6)11-7-8-19(23-17)13(11)10-20/h7-10H,1-6H3/b12-9+. The number of aldehydes is 1. The zero-order valence-corrected chi connectivity index (χ0v) is 17.3. The maximum Gasteiger partial charge on any atom is 0.497 e. The van der Waals surface area contributed by atoms with Crippen molar-refractivity contribution < 1.29 is 14.1 Å². The topological polar surface area (TPSA) is 43.7 Å². The summed E-state index contributed by atoms with van der Waals surface area (Å²) in [6, 6.07) is 1.93. The second-order valence-corrected chi connectivity index (χ2v) is 8.48. The minimum Gasteiger partial charge on any atom is -0.399 e. The molecule has 0 spiro atoms. The third kappa shape index (κ3) is 3.64. The normalized spacial score (nSPS) is 20.0. The van der Waals surface area contributed by atoms with Crippen LogP contribution in [-0.4, -0.2) is 47.6 Å². The molecule has 0 N–H and O–H groups in total. The lowest BCUT2D eigenvalue weighted by Crippen LogP contribution is -2.41. The van der Waals surface area contributed by atoms with Crippen molar-refractivity contribution in [2.45, 2.75) is 38.9 Å². The van der Waals surface area contributed by atoms with E-state index in [0.29, 0.717) is 5.69 Å². The van der Waals surface area contributed by atoms with E-state index in [4.69, 9.17) is 9.31 Å². The molecule has 1 aliphatic rings. The minimum atomic E-state index is -0.517. The highest BCUT2D eigenvalue weighted by Gasteiger charge is 2.53. The molecule has 1 aromatic heterocycles. The molecule has 2 heterocycles. The van der Waals surface area contributed by atoms with Crippen molar-refractivity contribution >= 4 is 49.2 Å². The van der Waals surface area contributed by atoms with Gasteiger partial charge < -0.3 is 14.2 Å². The van der Waals surface area contributed by atoms with Crippen LogP contribution in [0.3, 0.4) is 0 Å². The average molecular weight is 448 g/mol. The molecule has 0 unspecified atom stereocenters. The summed E-state index contributed by atoms with van der Waals surface area (Å²) < 4.78 is 14.2. The number of rotatable bonds is 5. The Labute approximate surface area is 154 Å². The predicted molar refractivity (Wildman–Crippen MR) is 105 cm³/mol. The van der Waals surface area contributed by atoms with Crippen LogP contribution in [0.4, 0.5) is 0 Å². The first-order chi connectivity index (χ1) is 10.6. The van der Waals surface area contributed by atoms with Crippen LogP contribution in [0.5, 0.6) is 0 Å². The number of carbonyl (C=O) groups excluding carboxylic acids is 1. The molecule has 0 atom stereocenters. The first-order valence-corrected chi connectivity index (χ1v) is 10.6. The number of halogens is 1. The van der Waals surface area contributed by atoms with Gasteiger partial charge >= 0.3 is 7.12 Å². The molecule has 1 aliphatic heterocycles. The zero-order valence-electron chi connectivity index (χ0n) is 14.3. The van der Waals surface area contributed by atoms with E-state index < -0.39 is 18.3 Å². The lowest BCUT2D eigenvalue weighted by molar-refractivity contribution is 0.00578. The first-order valence-electron chi connectivity index (χ1n) is 7.32. The number of hydrogen-bond donors (Lipinski definition) is 0. The van der Waals surface area contributed by atoms with Gasteiger partial charge in [-0.05, 0) is 40.0 Å². The van der Waals surface area contributed by atoms with Crippen molar-refractivity contribution in [3.05, 3.63) is 29.7 Å². The first kappa shape index (κ1) is 18.9. The van der Waals surface area contributed by atoms with Gasteiger partial charge in [-0.2, -0.15) is 0 Å². The van der Waals surface area contributed by atoms with E-state index in [1.807, 2.05) is 69.1 Å². The van der Waals surface area contributed by atoms with Gasteiger partial charge in [0.2, 0.25) is 0 Å². The Morgan fingerprint density at radius 2 is 1.87 bits per heavy atom. The van der Waals surface area contributed by atoms with Crippen LogP contribution < -0.4 is 0 Å². The van der Waals surface area contributed by atoms with E-state index in [1.165, 1.54) is 9.12 Å². The number of hydrogen-bond acceptors (Lipinski definition) is 5. The molecule has 0 aliphatic carbocycles. The summed E-state index contributed by atoms with van der Waals surface area (Å²) in [6.45, 7) is 8.08. The van der Waals surface area contributed by atoms with Gasteiger partial charge in [0.05, 0.1) is 16.9 Å². The predicted octanol–water partition coefficient (Wildman–Crippen LogP) is 3.68. The van der Waals surface area contributed by atoms with Crippen molar-refractivity contribution in [2.75, 3.05) is 14.1 Å². The summed E-state index contributed by atoms with van der Waals surface area (Å²) in [5.41, 5.74) is 1.43. The van der Waals surface area contributed by atoms with Gasteiger partial charge in [-0.3, -0.25) is 8.77 Å². The highest BCUT2D eigenvalue weighted by atomic mass is 127. The van der Waals surface area contributed by atoms with Gasteiger partial charge in [-0.25, -0.2) is 0 Å². The quantitative estimate of drug-likeness (QED) is 0.391. The van der Waals surface area contributed by atoms with Crippen LogP contribution in [0.1, 0.15) is 43.7 Å². The molecule has 5 nitrogen and oxygen atoms in total. The van der Waals surface area contributed by atoms with Crippen LogP contribution in [0.25, 0.3) is 5.47 Å². The van der Waals surface area contributed by atoms with Crippen LogP contribution in [0, 0.1) is 0 Å². The van der Waals surface area contributed by atoms with Crippen molar-refractivity contribution in [1.82, 2.24) is 8.87 Å². The molecule has 1 aromatic rings. The summed E-state index contributed by atoms with van der Waals surface area (Å²) in [5, 5.41) is 0. The van der Waals surface area contributed by atoms with Crippen LogP contribution in [0.15, 0.2) is 18.5 Å². The summed E-state index contributed by atoms with van der Waals surface area (Å²) >= 11 is 2.15. The van der Waals surface area contributed by atoms with E-state index in [2.05, 4.69) is 21.2 Å². The molecule has 0 bridgehead atoms. The van der Waals surface area contributed by atoms with Gasteiger partial charge in [0.1, 0.15) is 0 Å². The lowest BCUT2D eigenvalue weighted by atomic mass is 9.74. The average Bonchev–Trinajstić information content (AvgIpc) is 2.94. The van der Waals surface area contributed by atoms with E-state index in [0.717, 1.165) is 17.3 Å². The zero-order chi connectivity index (χ0) is 17.4. The Balaban J connectivity index is 2.49. The fourth-order valence-electron chi connectivity index (χ4n) is 2.35. The summed E-state index contributed by atoms with van der Waals surface area (Å²) in [5.74, 6) is 0.